The van der Waals surface area contributed by atoms with Crippen LogP contribution in [0.15, 0.2) is 53.9 Å². The largest absolute Gasteiger partial charge is 0.508 e. The summed E-state index contributed by atoms with van der Waals surface area (Å²) in [5.74, 6) is 3.19. The first-order valence-corrected chi connectivity index (χ1v) is 6.70. The summed E-state index contributed by atoms with van der Waals surface area (Å²) < 4.78 is 5.52. The Morgan fingerprint density at radius 1 is 1.19 bits per heavy atom. The molecule has 0 radical (unpaired) electrons. The molecule has 104 valence electrons. The summed E-state index contributed by atoms with van der Waals surface area (Å²) in [6.45, 7) is 0. The Morgan fingerprint density at radius 2 is 1.90 bits per heavy atom. The summed E-state index contributed by atoms with van der Waals surface area (Å²) in [5.41, 5.74) is 8.31. The van der Waals surface area contributed by atoms with Crippen LogP contribution in [0.5, 0.6) is 11.5 Å². The van der Waals surface area contributed by atoms with Gasteiger partial charge in [0.05, 0.1) is 11.5 Å². The van der Waals surface area contributed by atoms with Gasteiger partial charge >= 0.3 is 0 Å². The van der Waals surface area contributed by atoms with Crippen LogP contribution in [-0.4, -0.2) is 5.11 Å². The van der Waals surface area contributed by atoms with Crippen LogP contribution in [0.3, 0.4) is 0 Å². The van der Waals surface area contributed by atoms with E-state index in [0.717, 1.165) is 11.1 Å². The summed E-state index contributed by atoms with van der Waals surface area (Å²) in [6.07, 6.45) is 5.60. The number of ether oxygens (including phenoxy) is 1. The molecule has 1 atom stereocenters. The van der Waals surface area contributed by atoms with Crippen molar-refractivity contribution in [3.63, 3.8) is 0 Å². The molecule has 0 fully saturated rings. The number of halogens is 1. The maximum absolute atomic E-state index is 9.60. The number of allylic oxidation sites excluding steroid dienone is 1. The number of aromatic hydroxyl groups is 1. The van der Waals surface area contributed by atoms with Crippen LogP contribution in [0.4, 0.5) is 0 Å². The zero-order valence-corrected chi connectivity index (χ0v) is 11.8. The Balaban J connectivity index is 2.21. The Bertz CT molecular complexity index is 772. The fourth-order valence-corrected chi connectivity index (χ4v) is 2.60. The Labute approximate surface area is 127 Å². The number of hydrogen-bond donors (Lipinski definition) is 2. The van der Waals surface area contributed by atoms with E-state index in [1.807, 2.05) is 12.1 Å². The molecule has 0 saturated carbocycles. The van der Waals surface area contributed by atoms with Gasteiger partial charge in [0, 0.05) is 16.7 Å². The van der Waals surface area contributed by atoms with E-state index in [-0.39, 0.29) is 17.6 Å². The first kappa shape index (κ1) is 13.4. The van der Waals surface area contributed by atoms with Crippen molar-refractivity contribution in [1.82, 2.24) is 0 Å². The van der Waals surface area contributed by atoms with Gasteiger partial charge in [-0.15, -0.1) is 6.42 Å². The van der Waals surface area contributed by atoms with E-state index in [0.29, 0.717) is 16.3 Å². The molecule has 0 spiro atoms. The molecule has 3 rings (SSSR count). The van der Waals surface area contributed by atoms with Crippen LogP contribution in [0, 0.1) is 12.3 Å². The molecule has 1 heterocycles. The van der Waals surface area contributed by atoms with E-state index in [4.69, 9.17) is 28.5 Å². The highest BCUT2D eigenvalue weighted by atomic mass is 35.5. The molecule has 0 amide bonds. The predicted molar refractivity (Wildman–Crippen MR) is 82.1 cm³/mol. The summed E-state index contributed by atoms with van der Waals surface area (Å²) in [5, 5.41) is 10.2. The Morgan fingerprint density at radius 3 is 2.57 bits per heavy atom. The number of fused-ring (bicyclic) bond motifs is 1. The van der Waals surface area contributed by atoms with E-state index in [1.54, 1.807) is 24.3 Å². The SMILES string of the molecule is C#CC1=C(N)Oc2cc(O)ccc2C1c1ccc(Cl)cc1. The minimum atomic E-state index is -0.211. The molecule has 0 bridgehead atoms. The van der Waals surface area contributed by atoms with Crippen molar-refractivity contribution in [3.05, 3.63) is 70.1 Å². The second-order valence-electron chi connectivity index (χ2n) is 4.73. The molecule has 4 heteroatoms. The number of rotatable bonds is 1. The molecular formula is C17H12ClNO2. The molecule has 3 N–H and O–H groups in total. The summed E-state index contributed by atoms with van der Waals surface area (Å²) in [4.78, 5) is 0. The van der Waals surface area contributed by atoms with Gasteiger partial charge in [0.1, 0.15) is 11.5 Å². The normalized spacial score (nSPS) is 16.9. The van der Waals surface area contributed by atoms with E-state index in [2.05, 4.69) is 5.92 Å². The van der Waals surface area contributed by atoms with Crippen molar-refractivity contribution in [2.75, 3.05) is 0 Å². The molecule has 1 aliphatic heterocycles. The maximum Gasteiger partial charge on any atom is 0.203 e. The minimum Gasteiger partial charge on any atom is -0.508 e. The lowest BCUT2D eigenvalue weighted by atomic mass is 9.83. The molecule has 2 aromatic rings. The Kier molecular flexibility index (Phi) is 3.25. The lowest BCUT2D eigenvalue weighted by molar-refractivity contribution is 0.388. The first-order valence-electron chi connectivity index (χ1n) is 6.32. The van der Waals surface area contributed by atoms with Gasteiger partial charge < -0.3 is 15.6 Å². The van der Waals surface area contributed by atoms with E-state index < -0.39 is 0 Å². The van der Waals surface area contributed by atoms with Crippen molar-refractivity contribution in [2.24, 2.45) is 5.73 Å². The van der Waals surface area contributed by atoms with Crippen LogP contribution in [0.25, 0.3) is 0 Å². The number of phenolic OH excluding ortho intramolecular Hbond substituents is 1. The first-order chi connectivity index (χ1) is 10.1. The molecule has 1 unspecified atom stereocenters. The monoisotopic (exact) mass is 297 g/mol. The maximum atomic E-state index is 9.60. The number of hydrogen-bond acceptors (Lipinski definition) is 3. The topological polar surface area (TPSA) is 55.5 Å². The van der Waals surface area contributed by atoms with Crippen molar-refractivity contribution in [1.29, 1.82) is 0 Å². The number of benzene rings is 2. The Hall–Kier alpha value is -2.57. The van der Waals surface area contributed by atoms with Crippen molar-refractivity contribution in [3.8, 4) is 23.8 Å². The van der Waals surface area contributed by atoms with Gasteiger partial charge in [-0.05, 0) is 23.8 Å². The van der Waals surface area contributed by atoms with Gasteiger partial charge in [0.25, 0.3) is 0 Å². The highest BCUT2D eigenvalue weighted by Crippen LogP contribution is 2.43. The van der Waals surface area contributed by atoms with E-state index in [9.17, 15) is 5.11 Å². The lowest BCUT2D eigenvalue weighted by Crippen LogP contribution is -2.20. The second-order valence-corrected chi connectivity index (χ2v) is 5.17. The summed E-state index contributed by atoms with van der Waals surface area (Å²) in [6, 6.07) is 12.3. The fraction of sp³-hybridized carbons (Fsp3) is 0.0588. The molecule has 1 aliphatic rings. The average molecular weight is 298 g/mol. The summed E-state index contributed by atoms with van der Waals surface area (Å²) >= 11 is 5.94. The smallest absolute Gasteiger partial charge is 0.203 e. The van der Waals surface area contributed by atoms with Crippen LogP contribution >= 0.6 is 11.6 Å². The standard InChI is InChI=1S/C17H12ClNO2/c1-2-13-16(10-3-5-11(18)6-4-10)14-8-7-12(20)9-15(14)21-17(13)19/h1,3-9,16,20H,19H2. The van der Waals surface area contributed by atoms with Crippen LogP contribution in [-0.2, 0) is 0 Å². The third kappa shape index (κ3) is 2.31. The molecule has 3 nitrogen and oxygen atoms in total. The molecule has 21 heavy (non-hydrogen) atoms. The minimum absolute atomic E-state index is 0.112. The van der Waals surface area contributed by atoms with Crippen molar-refractivity contribution in [2.45, 2.75) is 5.92 Å². The summed E-state index contributed by atoms with van der Waals surface area (Å²) in [7, 11) is 0. The van der Waals surface area contributed by atoms with E-state index >= 15 is 0 Å². The van der Waals surface area contributed by atoms with Crippen LogP contribution in [0.1, 0.15) is 17.0 Å². The molecule has 2 aromatic carbocycles. The highest BCUT2D eigenvalue weighted by Gasteiger charge is 2.29. The van der Waals surface area contributed by atoms with Gasteiger partial charge in [-0.25, -0.2) is 0 Å². The zero-order valence-electron chi connectivity index (χ0n) is 11.0. The zero-order chi connectivity index (χ0) is 15.0. The van der Waals surface area contributed by atoms with Gasteiger partial charge in [-0.3, -0.25) is 0 Å². The van der Waals surface area contributed by atoms with Gasteiger partial charge in [0.2, 0.25) is 5.88 Å². The van der Waals surface area contributed by atoms with Crippen LogP contribution < -0.4 is 10.5 Å². The average Bonchev–Trinajstić information content (AvgIpc) is 2.46. The number of phenols is 1. The molecule has 0 aromatic heterocycles. The van der Waals surface area contributed by atoms with Gasteiger partial charge in [-0.1, -0.05) is 35.7 Å². The van der Waals surface area contributed by atoms with Gasteiger partial charge in [-0.2, -0.15) is 0 Å². The predicted octanol–water partition coefficient (Wildman–Crippen LogP) is 3.37. The van der Waals surface area contributed by atoms with Crippen molar-refractivity contribution < 1.29 is 9.84 Å². The second kappa shape index (κ2) is 5.08. The molecule has 0 saturated heterocycles. The number of terminal acetylenes is 1. The van der Waals surface area contributed by atoms with Crippen molar-refractivity contribution >= 4 is 11.6 Å². The highest BCUT2D eigenvalue weighted by molar-refractivity contribution is 6.30. The third-order valence-electron chi connectivity index (χ3n) is 3.44. The molecular weight excluding hydrogens is 286 g/mol. The number of nitrogens with two attached hydrogens (primary N) is 1. The fourth-order valence-electron chi connectivity index (χ4n) is 2.48. The third-order valence-corrected chi connectivity index (χ3v) is 3.69. The van der Waals surface area contributed by atoms with Crippen LogP contribution in [0.2, 0.25) is 5.02 Å². The lowest BCUT2D eigenvalue weighted by Gasteiger charge is -2.27. The van der Waals surface area contributed by atoms with E-state index in [1.165, 1.54) is 6.07 Å². The van der Waals surface area contributed by atoms with Gasteiger partial charge in [0.15, 0.2) is 0 Å². The quantitative estimate of drug-likeness (QED) is 0.794. The molecule has 0 aliphatic carbocycles.